The molecule has 0 spiro atoms. The topological polar surface area (TPSA) is 57.5 Å². The Labute approximate surface area is 83.9 Å². The van der Waals surface area contributed by atoms with Crippen LogP contribution in [0.1, 0.15) is 25.8 Å². The second-order valence-electron chi connectivity index (χ2n) is 3.54. The molecular weight excluding hydrogens is 199 g/mol. The van der Waals surface area contributed by atoms with Crippen LogP contribution in [0.15, 0.2) is 30.3 Å². The van der Waals surface area contributed by atoms with Crippen LogP contribution >= 0.6 is 7.60 Å². The van der Waals surface area contributed by atoms with Gasteiger partial charge in [0.05, 0.1) is 5.16 Å². The summed E-state index contributed by atoms with van der Waals surface area (Å²) in [5.41, 5.74) is 0.691. The van der Waals surface area contributed by atoms with Crippen LogP contribution in [0.4, 0.5) is 0 Å². The zero-order chi connectivity index (χ0) is 10.8. The van der Waals surface area contributed by atoms with E-state index in [0.717, 1.165) is 0 Å². The second kappa shape index (κ2) is 3.85. The van der Waals surface area contributed by atoms with Crippen molar-refractivity contribution in [1.29, 1.82) is 0 Å². The molecule has 0 fully saturated rings. The van der Waals surface area contributed by atoms with Crippen LogP contribution in [0.3, 0.4) is 0 Å². The molecule has 1 atom stereocenters. The smallest absolute Gasteiger partial charge is 0.324 e. The van der Waals surface area contributed by atoms with Crippen LogP contribution in [0.2, 0.25) is 0 Å². The van der Waals surface area contributed by atoms with Crippen LogP contribution in [0, 0.1) is 0 Å². The second-order valence-corrected chi connectivity index (χ2v) is 5.61. The van der Waals surface area contributed by atoms with Crippen molar-refractivity contribution in [1.82, 2.24) is 0 Å². The fourth-order valence-corrected chi connectivity index (χ4v) is 2.27. The summed E-state index contributed by atoms with van der Waals surface area (Å²) in [5.74, 6) is 0. The lowest BCUT2D eigenvalue weighted by Crippen LogP contribution is -2.20. The van der Waals surface area contributed by atoms with E-state index in [0.29, 0.717) is 12.0 Å². The lowest BCUT2D eigenvalue weighted by molar-refractivity contribution is 0.328. The maximum atomic E-state index is 11.4. The molecule has 1 aromatic rings. The zero-order valence-corrected chi connectivity index (χ0v) is 9.24. The van der Waals surface area contributed by atoms with Gasteiger partial charge in [0, 0.05) is 0 Å². The highest BCUT2D eigenvalue weighted by Crippen LogP contribution is 2.58. The monoisotopic (exact) mass is 214 g/mol. The fourth-order valence-electron chi connectivity index (χ4n) is 1.38. The van der Waals surface area contributed by atoms with Crippen molar-refractivity contribution < 1.29 is 14.4 Å². The first-order valence-electron chi connectivity index (χ1n) is 4.53. The van der Waals surface area contributed by atoms with E-state index in [1.54, 1.807) is 38.1 Å². The Kier molecular flexibility index (Phi) is 3.15. The number of hydrogen-bond acceptors (Lipinski definition) is 1. The first-order valence-corrected chi connectivity index (χ1v) is 6.14. The third-order valence-electron chi connectivity index (χ3n) is 2.73. The number of rotatable bonds is 3. The van der Waals surface area contributed by atoms with Crippen LogP contribution in [0.25, 0.3) is 0 Å². The molecule has 0 aliphatic carbocycles. The molecule has 0 saturated heterocycles. The van der Waals surface area contributed by atoms with E-state index in [9.17, 15) is 14.4 Å². The van der Waals surface area contributed by atoms with E-state index in [1.165, 1.54) is 0 Å². The van der Waals surface area contributed by atoms with Gasteiger partial charge >= 0.3 is 7.60 Å². The summed E-state index contributed by atoms with van der Waals surface area (Å²) >= 11 is 0. The lowest BCUT2D eigenvalue weighted by Gasteiger charge is -2.29. The SMILES string of the molecule is CCC(C)(c1ccccc1)P(=O)(O)O. The molecule has 0 heterocycles. The molecule has 0 radical (unpaired) electrons. The quantitative estimate of drug-likeness (QED) is 0.760. The molecule has 0 saturated carbocycles. The van der Waals surface area contributed by atoms with E-state index >= 15 is 0 Å². The Hall–Kier alpha value is -0.630. The minimum absolute atomic E-state index is 0.418. The van der Waals surface area contributed by atoms with E-state index in [2.05, 4.69) is 0 Å². The molecule has 2 N–H and O–H groups in total. The maximum Gasteiger partial charge on any atom is 0.335 e. The van der Waals surface area contributed by atoms with Gasteiger partial charge < -0.3 is 9.79 Å². The van der Waals surface area contributed by atoms with Crippen molar-refractivity contribution in [3.05, 3.63) is 35.9 Å². The zero-order valence-electron chi connectivity index (χ0n) is 8.34. The van der Waals surface area contributed by atoms with Crippen molar-refractivity contribution in [2.45, 2.75) is 25.4 Å². The van der Waals surface area contributed by atoms with Crippen LogP contribution in [-0.2, 0) is 9.72 Å². The molecule has 1 aromatic carbocycles. The lowest BCUT2D eigenvalue weighted by atomic mass is 9.98. The highest BCUT2D eigenvalue weighted by atomic mass is 31.2. The summed E-state index contributed by atoms with van der Waals surface area (Å²) in [6.07, 6.45) is 0.418. The van der Waals surface area contributed by atoms with E-state index < -0.39 is 12.8 Å². The third-order valence-corrected chi connectivity index (χ3v) is 4.59. The average Bonchev–Trinajstić information content (AvgIpc) is 2.16. The van der Waals surface area contributed by atoms with Gasteiger partial charge in [0.2, 0.25) is 0 Å². The van der Waals surface area contributed by atoms with Crippen molar-refractivity contribution in [2.24, 2.45) is 0 Å². The van der Waals surface area contributed by atoms with Gasteiger partial charge in [-0.3, -0.25) is 4.57 Å². The minimum atomic E-state index is -4.11. The number of benzene rings is 1. The molecule has 3 nitrogen and oxygen atoms in total. The summed E-state index contributed by atoms with van der Waals surface area (Å²) < 4.78 is 11.4. The predicted octanol–water partition coefficient (Wildman–Crippen LogP) is 2.49. The summed E-state index contributed by atoms with van der Waals surface area (Å²) in [6, 6.07) is 8.92. The van der Waals surface area contributed by atoms with Crippen LogP contribution in [0.5, 0.6) is 0 Å². The molecule has 78 valence electrons. The normalized spacial score (nSPS) is 16.3. The van der Waals surface area contributed by atoms with Crippen molar-refractivity contribution in [3.8, 4) is 0 Å². The highest BCUT2D eigenvalue weighted by Gasteiger charge is 2.41. The molecule has 1 rings (SSSR count). The summed E-state index contributed by atoms with van der Waals surface area (Å²) in [5, 5.41) is -1.06. The summed E-state index contributed by atoms with van der Waals surface area (Å²) in [4.78, 5) is 18.6. The Morgan fingerprint density at radius 1 is 1.29 bits per heavy atom. The summed E-state index contributed by atoms with van der Waals surface area (Å²) in [6.45, 7) is 3.38. The van der Waals surface area contributed by atoms with Gasteiger partial charge in [-0.25, -0.2) is 0 Å². The minimum Gasteiger partial charge on any atom is -0.324 e. The molecule has 4 heteroatoms. The Morgan fingerprint density at radius 2 is 1.79 bits per heavy atom. The predicted molar refractivity (Wildman–Crippen MR) is 56.1 cm³/mol. The first kappa shape index (κ1) is 11.4. The van der Waals surface area contributed by atoms with Gasteiger partial charge in [0.1, 0.15) is 0 Å². The van der Waals surface area contributed by atoms with Gasteiger partial charge in [-0.1, -0.05) is 37.3 Å². The Bertz CT molecular complexity index is 344. The fraction of sp³-hybridized carbons (Fsp3) is 0.400. The maximum absolute atomic E-state index is 11.4. The van der Waals surface area contributed by atoms with Crippen LogP contribution < -0.4 is 0 Å². The molecule has 0 aromatic heterocycles. The molecule has 0 aliphatic rings. The number of hydrogen-bond donors (Lipinski definition) is 2. The van der Waals surface area contributed by atoms with Gasteiger partial charge in [-0.15, -0.1) is 0 Å². The molecule has 0 aliphatic heterocycles. The largest absolute Gasteiger partial charge is 0.335 e. The van der Waals surface area contributed by atoms with E-state index in [4.69, 9.17) is 0 Å². The molecular formula is C10H15O3P. The van der Waals surface area contributed by atoms with Gasteiger partial charge in [0.25, 0.3) is 0 Å². The Balaban J connectivity index is 3.23. The standard InChI is InChI=1S/C10H15O3P/c1-3-10(2,14(11,12)13)9-7-5-4-6-8-9/h4-8H,3H2,1-2H3,(H2,11,12,13). The molecule has 0 bridgehead atoms. The van der Waals surface area contributed by atoms with E-state index in [-0.39, 0.29) is 0 Å². The van der Waals surface area contributed by atoms with Crippen molar-refractivity contribution >= 4 is 7.60 Å². The molecule has 1 unspecified atom stereocenters. The van der Waals surface area contributed by atoms with Crippen molar-refractivity contribution in [3.63, 3.8) is 0 Å². The van der Waals surface area contributed by atoms with E-state index in [1.807, 2.05) is 6.07 Å². The molecule has 14 heavy (non-hydrogen) atoms. The van der Waals surface area contributed by atoms with Crippen LogP contribution in [-0.4, -0.2) is 9.79 Å². The average molecular weight is 214 g/mol. The first-order chi connectivity index (χ1) is 6.42. The molecule has 0 amide bonds. The van der Waals surface area contributed by atoms with Gasteiger partial charge in [0.15, 0.2) is 0 Å². The third kappa shape index (κ3) is 1.90. The highest BCUT2D eigenvalue weighted by molar-refractivity contribution is 7.53. The van der Waals surface area contributed by atoms with Gasteiger partial charge in [-0.05, 0) is 18.9 Å². The summed E-state index contributed by atoms with van der Waals surface area (Å²) in [7, 11) is -4.11. The van der Waals surface area contributed by atoms with Gasteiger partial charge in [-0.2, -0.15) is 0 Å². The Morgan fingerprint density at radius 3 is 2.14 bits per heavy atom. The van der Waals surface area contributed by atoms with Crippen molar-refractivity contribution in [2.75, 3.05) is 0 Å².